The van der Waals surface area contributed by atoms with Crippen LogP contribution in [0.4, 0.5) is 5.69 Å². The molecular weight excluding hydrogens is 312 g/mol. The number of thioether (sulfide) groups is 1. The summed E-state index contributed by atoms with van der Waals surface area (Å²) in [5.41, 5.74) is 0.705. The van der Waals surface area contributed by atoms with Crippen LogP contribution in [0, 0.1) is 0 Å². The second-order valence-electron chi connectivity index (χ2n) is 3.36. The van der Waals surface area contributed by atoms with E-state index in [0.29, 0.717) is 10.7 Å². The van der Waals surface area contributed by atoms with Gasteiger partial charge < -0.3 is 5.32 Å². The third-order valence-electron chi connectivity index (χ3n) is 2.24. The molecule has 1 heterocycles. The van der Waals surface area contributed by atoms with Gasteiger partial charge in [-0.1, -0.05) is 17.7 Å². The van der Waals surface area contributed by atoms with Gasteiger partial charge in [-0.2, -0.15) is 0 Å². The van der Waals surface area contributed by atoms with Crippen LogP contribution in [0.25, 0.3) is 0 Å². The van der Waals surface area contributed by atoms with E-state index in [1.807, 2.05) is 6.07 Å². The van der Waals surface area contributed by atoms with E-state index < -0.39 is 0 Å². The molecule has 0 saturated carbocycles. The first kappa shape index (κ1) is 12.2. The fourth-order valence-electron chi connectivity index (χ4n) is 1.38. The highest BCUT2D eigenvalue weighted by molar-refractivity contribution is 9.10. The standard InChI is InChI=1S/C10H10BrClN2OS/c11-9-6(12)2-1-3-7(9)14-10(15)8-4-16-5-13-8/h1-3,8,13H,4-5H2,(H,14,15). The topological polar surface area (TPSA) is 41.1 Å². The second kappa shape index (κ2) is 5.40. The zero-order valence-electron chi connectivity index (χ0n) is 8.30. The minimum atomic E-state index is -0.115. The first-order chi connectivity index (χ1) is 7.68. The number of amides is 1. The molecule has 16 heavy (non-hydrogen) atoms. The molecule has 1 amide bonds. The van der Waals surface area contributed by atoms with Crippen LogP contribution in [-0.4, -0.2) is 23.6 Å². The molecule has 6 heteroatoms. The van der Waals surface area contributed by atoms with E-state index in [4.69, 9.17) is 11.6 Å². The molecule has 86 valence electrons. The van der Waals surface area contributed by atoms with Crippen molar-refractivity contribution in [3.63, 3.8) is 0 Å². The minimum Gasteiger partial charge on any atom is -0.324 e. The van der Waals surface area contributed by atoms with Crippen molar-refractivity contribution in [3.05, 3.63) is 27.7 Å². The number of carbonyl (C=O) groups is 1. The Kier molecular flexibility index (Phi) is 4.13. The highest BCUT2D eigenvalue weighted by atomic mass is 79.9. The molecule has 1 fully saturated rings. The predicted molar refractivity (Wildman–Crippen MR) is 72.0 cm³/mol. The van der Waals surface area contributed by atoms with Crippen LogP contribution < -0.4 is 10.6 Å². The molecule has 3 nitrogen and oxygen atoms in total. The number of benzene rings is 1. The second-order valence-corrected chi connectivity index (χ2v) is 5.59. The maximum atomic E-state index is 11.8. The Balaban J connectivity index is 2.08. The monoisotopic (exact) mass is 320 g/mol. The zero-order valence-corrected chi connectivity index (χ0v) is 11.5. The smallest absolute Gasteiger partial charge is 0.242 e. The average molecular weight is 322 g/mol. The van der Waals surface area contributed by atoms with E-state index in [1.165, 1.54) is 0 Å². The van der Waals surface area contributed by atoms with E-state index in [0.717, 1.165) is 16.1 Å². The van der Waals surface area contributed by atoms with Crippen molar-refractivity contribution in [2.75, 3.05) is 16.9 Å². The summed E-state index contributed by atoms with van der Waals surface area (Å²) in [5, 5.41) is 6.55. The maximum absolute atomic E-state index is 11.8. The largest absolute Gasteiger partial charge is 0.324 e. The number of hydrogen-bond donors (Lipinski definition) is 2. The summed E-state index contributed by atoms with van der Waals surface area (Å²) in [7, 11) is 0. The number of nitrogens with one attached hydrogen (secondary N) is 2. The lowest BCUT2D eigenvalue weighted by molar-refractivity contribution is -0.117. The third kappa shape index (κ3) is 2.71. The molecule has 0 aliphatic carbocycles. The van der Waals surface area contributed by atoms with Gasteiger partial charge in [0.05, 0.1) is 21.2 Å². The molecule has 1 aliphatic rings. The number of anilines is 1. The molecule has 0 aromatic heterocycles. The Bertz CT molecular complexity index is 410. The van der Waals surface area contributed by atoms with E-state index >= 15 is 0 Å². The number of rotatable bonds is 2. The molecule has 0 bridgehead atoms. The summed E-state index contributed by atoms with van der Waals surface area (Å²) in [6.07, 6.45) is 0. The molecule has 1 unspecified atom stereocenters. The van der Waals surface area contributed by atoms with E-state index in [-0.39, 0.29) is 11.9 Å². The van der Waals surface area contributed by atoms with Crippen LogP contribution >= 0.6 is 39.3 Å². The van der Waals surface area contributed by atoms with E-state index in [9.17, 15) is 4.79 Å². The molecule has 1 atom stereocenters. The van der Waals surface area contributed by atoms with Crippen LogP contribution in [-0.2, 0) is 4.79 Å². The predicted octanol–water partition coefficient (Wildman–Crippen LogP) is 2.70. The van der Waals surface area contributed by atoms with Gasteiger partial charge in [-0.25, -0.2) is 0 Å². The summed E-state index contributed by atoms with van der Waals surface area (Å²) < 4.78 is 0.718. The number of carbonyl (C=O) groups excluding carboxylic acids is 1. The fourth-order valence-corrected chi connectivity index (χ4v) is 2.86. The van der Waals surface area contributed by atoms with Gasteiger partial charge in [0.1, 0.15) is 0 Å². The van der Waals surface area contributed by atoms with Gasteiger partial charge in [0, 0.05) is 11.6 Å². The summed E-state index contributed by atoms with van der Waals surface area (Å²) in [4.78, 5) is 11.8. The molecule has 1 aromatic carbocycles. The van der Waals surface area contributed by atoms with Gasteiger partial charge in [0.2, 0.25) is 5.91 Å². The van der Waals surface area contributed by atoms with Crippen LogP contribution in [0.1, 0.15) is 0 Å². The summed E-state index contributed by atoms with van der Waals surface area (Å²) >= 11 is 11.0. The number of hydrogen-bond acceptors (Lipinski definition) is 3. The normalized spacial score (nSPS) is 19.8. The molecule has 0 spiro atoms. The summed E-state index contributed by atoms with van der Waals surface area (Å²) in [6, 6.07) is 5.27. The SMILES string of the molecule is O=C(Nc1cccc(Cl)c1Br)C1CSCN1. The zero-order chi connectivity index (χ0) is 11.5. The van der Waals surface area contributed by atoms with Gasteiger partial charge in [-0.05, 0) is 28.1 Å². The lowest BCUT2D eigenvalue weighted by Gasteiger charge is -2.12. The summed E-state index contributed by atoms with van der Waals surface area (Å²) in [6.45, 7) is 0. The van der Waals surface area contributed by atoms with Gasteiger partial charge in [-0.3, -0.25) is 10.1 Å². The molecule has 0 radical (unpaired) electrons. The highest BCUT2D eigenvalue weighted by Gasteiger charge is 2.23. The Hall–Kier alpha value is -0.230. The minimum absolute atomic E-state index is 0.0204. The molecule has 1 aliphatic heterocycles. The molecule has 1 aromatic rings. The van der Waals surface area contributed by atoms with Crippen molar-refractivity contribution in [2.24, 2.45) is 0 Å². The van der Waals surface area contributed by atoms with Crippen LogP contribution in [0.2, 0.25) is 5.02 Å². The maximum Gasteiger partial charge on any atom is 0.242 e. The van der Waals surface area contributed by atoms with Crippen LogP contribution in [0.5, 0.6) is 0 Å². The molecular formula is C10H10BrClN2OS. The Labute approximate surface area is 111 Å². The van der Waals surface area contributed by atoms with Gasteiger partial charge >= 0.3 is 0 Å². The van der Waals surface area contributed by atoms with E-state index in [2.05, 4.69) is 26.6 Å². The van der Waals surface area contributed by atoms with Gasteiger partial charge in [0.15, 0.2) is 0 Å². The average Bonchev–Trinajstić information content (AvgIpc) is 2.78. The first-order valence-electron chi connectivity index (χ1n) is 4.74. The molecule has 1 saturated heterocycles. The summed E-state index contributed by atoms with van der Waals surface area (Å²) in [5.74, 6) is 1.62. The van der Waals surface area contributed by atoms with Crippen LogP contribution in [0.3, 0.4) is 0 Å². The van der Waals surface area contributed by atoms with Gasteiger partial charge in [-0.15, -0.1) is 11.8 Å². The van der Waals surface area contributed by atoms with Crippen molar-refractivity contribution >= 4 is 50.9 Å². The Morgan fingerprint density at radius 2 is 2.44 bits per heavy atom. The van der Waals surface area contributed by atoms with Crippen molar-refractivity contribution in [1.29, 1.82) is 0 Å². The van der Waals surface area contributed by atoms with Crippen molar-refractivity contribution < 1.29 is 4.79 Å². The lowest BCUT2D eigenvalue weighted by atomic mass is 10.2. The lowest BCUT2D eigenvalue weighted by Crippen LogP contribution is -2.37. The highest BCUT2D eigenvalue weighted by Crippen LogP contribution is 2.30. The quantitative estimate of drug-likeness (QED) is 0.880. The number of halogens is 2. The van der Waals surface area contributed by atoms with Crippen LogP contribution in [0.15, 0.2) is 22.7 Å². The third-order valence-corrected chi connectivity index (χ3v) is 4.58. The first-order valence-corrected chi connectivity index (χ1v) is 7.07. The van der Waals surface area contributed by atoms with Gasteiger partial charge in [0.25, 0.3) is 0 Å². The van der Waals surface area contributed by atoms with Crippen molar-refractivity contribution in [1.82, 2.24) is 5.32 Å². The van der Waals surface area contributed by atoms with Crippen molar-refractivity contribution in [3.8, 4) is 0 Å². The molecule has 2 rings (SSSR count). The Morgan fingerprint density at radius 1 is 1.62 bits per heavy atom. The van der Waals surface area contributed by atoms with E-state index in [1.54, 1.807) is 23.9 Å². The van der Waals surface area contributed by atoms with Crippen molar-refractivity contribution in [2.45, 2.75) is 6.04 Å². The fraction of sp³-hybridized carbons (Fsp3) is 0.300. The Morgan fingerprint density at radius 3 is 3.12 bits per heavy atom. The molecule has 2 N–H and O–H groups in total.